The van der Waals surface area contributed by atoms with E-state index in [9.17, 15) is 8.42 Å². The highest BCUT2D eigenvalue weighted by Crippen LogP contribution is 2.15. The number of sulfonamides is 1. The van der Waals surface area contributed by atoms with E-state index in [1.807, 2.05) is 6.92 Å². The minimum Gasteiger partial charge on any atom is -0.383 e. The van der Waals surface area contributed by atoms with Crippen LogP contribution in [0.25, 0.3) is 0 Å². The number of benzene rings is 1. The highest BCUT2D eigenvalue weighted by molar-refractivity contribution is 7.89. The molecule has 0 amide bonds. The first-order valence-corrected chi connectivity index (χ1v) is 8.64. The van der Waals surface area contributed by atoms with E-state index in [1.54, 1.807) is 31.4 Å². The van der Waals surface area contributed by atoms with Gasteiger partial charge in [0.1, 0.15) is 0 Å². The van der Waals surface area contributed by atoms with Crippen LogP contribution in [0, 0.1) is 6.92 Å². The summed E-state index contributed by atoms with van der Waals surface area (Å²) in [4.78, 5) is 0.262. The summed E-state index contributed by atoms with van der Waals surface area (Å²) in [6.07, 6.45) is 2.83. The van der Waals surface area contributed by atoms with Gasteiger partial charge in [-0.1, -0.05) is 43.2 Å². The third-order valence-corrected chi connectivity index (χ3v) is 4.79. The van der Waals surface area contributed by atoms with Crippen molar-refractivity contribution in [2.24, 2.45) is 0 Å². The Hall–Kier alpha value is -1.17. The molecule has 0 saturated carbocycles. The van der Waals surface area contributed by atoms with Gasteiger partial charge in [-0.15, -0.1) is 0 Å². The van der Waals surface area contributed by atoms with Crippen molar-refractivity contribution in [2.45, 2.75) is 44.0 Å². The topological polar surface area (TPSA) is 55.4 Å². The van der Waals surface area contributed by atoms with Crippen LogP contribution < -0.4 is 4.72 Å². The average Bonchev–Trinajstić information content (AvgIpc) is 2.44. The number of hydrogen-bond acceptors (Lipinski definition) is 3. The molecular weight excluding hydrogens is 286 g/mol. The van der Waals surface area contributed by atoms with Gasteiger partial charge in [-0.3, -0.25) is 0 Å². The van der Waals surface area contributed by atoms with Crippen molar-refractivity contribution in [2.75, 3.05) is 13.7 Å². The van der Waals surface area contributed by atoms with Crippen LogP contribution in [0.15, 0.2) is 41.3 Å². The van der Waals surface area contributed by atoms with Crippen LogP contribution in [0.5, 0.6) is 0 Å². The molecule has 0 bridgehead atoms. The lowest BCUT2D eigenvalue weighted by Crippen LogP contribution is -2.39. The predicted octanol–water partition coefficient (Wildman–Crippen LogP) is 3.03. The zero-order chi connectivity index (χ0) is 15.9. The molecule has 0 radical (unpaired) electrons. The summed E-state index contributed by atoms with van der Waals surface area (Å²) in [7, 11) is -2.00. The van der Waals surface area contributed by atoms with Crippen LogP contribution >= 0.6 is 0 Å². The number of methoxy groups -OCH3 is 1. The Bertz CT molecular complexity index is 549. The number of nitrogens with one attached hydrogen (secondary N) is 1. The lowest BCUT2D eigenvalue weighted by atomic mass is 10.0. The zero-order valence-corrected chi connectivity index (χ0v) is 13.9. The smallest absolute Gasteiger partial charge is 0.241 e. The molecule has 0 heterocycles. The first-order valence-electron chi connectivity index (χ1n) is 7.16. The molecule has 0 unspecified atom stereocenters. The molecule has 0 aliphatic heterocycles. The van der Waals surface area contributed by atoms with Gasteiger partial charge in [0.25, 0.3) is 0 Å². The van der Waals surface area contributed by atoms with Crippen molar-refractivity contribution in [1.29, 1.82) is 0 Å². The molecule has 1 atom stereocenters. The molecule has 5 heteroatoms. The lowest BCUT2D eigenvalue weighted by Gasteiger charge is -2.20. The van der Waals surface area contributed by atoms with Gasteiger partial charge in [0, 0.05) is 7.11 Å². The molecule has 4 nitrogen and oxygen atoms in total. The Morgan fingerprint density at radius 2 is 1.95 bits per heavy atom. The summed E-state index contributed by atoms with van der Waals surface area (Å²) < 4.78 is 32.6. The third-order valence-electron chi connectivity index (χ3n) is 3.31. The molecule has 0 saturated heterocycles. The molecule has 1 aromatic rings. The summed E-state index contributed by atoms with van der Waals surface area (Å²) in [5.41, 5.74) is 1.88. The van der Waals surface area contributed by atoms with E-state index in [1.165, 1.54) is 0 Å². The Morgan fingerprint density at radius 1 is 1.33 bits per heavy atom. The van der Waals surface area contributed by atoms with E-state index in [4.69, 9.17) is 4.74 Å². The Labute approximate surface area is 128 Å². The number of hydrogen-bond donors (Lipinski definition) is 1. The lowest BCUT2D eigenvalue weighted by molar-refractivity contribution is 0.183. The van der Waals surface area contributed by atoms with Gasteiger partial charge in [-0.25, -0.2) is 13.1 Å². The maximum atomic E-state index is 12.4. The summed E-state index contributed by atoms with van der Waals surface area (Å²) in [5, 5.41) is 0. The standard InChI is InChI=1S/C16H25NO3S/c1-5-6-7-14(3)16(12-20-4)17-21(18,19)15-10-8-13(2)9-11-15/h8-11,16-17H,3,5-7,12H2,1-2,4H3/t16-/m1/s1. The van der Waals surface area contributed by atoms with Gasteiger partial charge >= 0.3 is 0 Å². The van der Waals surface area contributed by atoms with Gasteiger partial charge in [0.05, 0.1) is 17.5 Å². The summed E-state index contributed by atoms with van der Waals surface area (Å²) in [6, 6.07) is 6.39. The molecule has 1 rings (SSSR count). The number of unbranched alkanes of at least 4 members (excludes halogenated alkanes) is 1. The van der Waals surface area contributed by atoms with Crippen molar-refractivity contribution >= 4 is 10.0 Å². The summed E-state index contributed by atoms with van der Waals surface area (Å²) in [5.74, 6) is 0. The van der Waals surface area contributed by atoms with Gasteiger partial charge in [0.15, 0.2) is 0 Å². The quantitative estimate of drug-likeness (QED) is 0.713. The Morgan fingerprint density at radius 3 is 2.48 bits per heavy atom. The van der Waals surface area contributed by atoms with Crippen molar-refractivity contribution in [3.63, 3.8) is 0 Å². The second-order valence-corrected chi connectivity index (χ2v) is 6.92. The number of ether oxygens (including phenoxy) is 1. The monoisotopic (exact) mass is 311 g/mol. The minimum atomic E-state index is -3.56. The normalized spacial score (nSPS) is 13.1. The molecule has 0 fully saturated rings. The summed E-state index contributed by atoms with van der Waals surface area (Å²) in [6.45, 7) is 8.29. The third kappa shape index (κ3) is 5.61. The van der Waals surface area contributed by atoms with E-state index in [-0.39, 0.29) is 11.5 Å². The van der Waals surface area contributed by atoms with E-state index >= 15 is 0 Å². The maximum Gasteiger partial charge on any atom is 0.241 e. The van der Waals surface area contributed by atoms with E-state index in [0.29, 0.717) is 0 Å². The van der Waals surface area contributed by atoms with Crippen LogP contribution in [0.2, 0.25) is 0 Å². The maximum absolute atomic E-state index is 12.4. The molecular formula is C16H25NO3S. The molecule has 0 aliphatic rings. The van der Waals surface area contributed by atoms with Crippen LogP contribution in [0.1, 0.15) is 31.7 Å². The summed E-state index contributed by atoms with van der Waals surface area (Å²) >= 11 is 0. The fraction of sp³-hybridized carbons (Fsp3) is 0.500. The number of rotatable bonds is 9. The van der Waals surface area contributed by atoms with Crippen molar-refractivity contribution in [3.8, 4) is 0 Å². The van der Waals surface area contributed by atoms with Crippen molar-refractivity contribution < 1.29 is 13.2 Å². The first-order chi connectivity index (χ1) is 9.90. The van der Waals surface area contributed by atoms with Crippen LogP contribution in [-0.2, 0) is 14.8 Å². The molecule has 1 N–H and O–H groups in total. The fourth-order valence-electron chi connectivity index (χ4n) is 1.95. The van der Waals surface area contributed by atoms with Gasteiger partial charge in [-0.2, -0.15) is 0 Å². The molecule has 0 aliphatic carbocycles. The van der Waals surface area contributed by atoms with E-state index < -0.39 is 16.1 Å². The minimum absolute atomic E-state index is 0.262. The molecule has 21 heavy (non-hydrogen) atoms. The van der Waals surface area contributed by atoms with Gasteiger partial charge in [0.2, 0.25) is 10.0 Å². The predicted molar refractivity (Wildman–Crippen MR) is 85.8 cm³/mol. The van der Waals surface area contributed by atoms with Crippen LogP contribution in [-0.4, -0.2) is 28.2 Å². The Kier molecular flexibility index (Phi) is 7.08. The highest BCUT2D eigenvalue weighted by atomic mass is 32.2. The molecule has 0 spiro atoms. The van der Waals surface area contributed by atoms with Crippen molar-refractivity contribution in [1.82, 2.24) is 4.72 Å². The SMILES string of the molecule is C=C(CCCC)[C@@H](COC)NS(=O)(=O)c1ccc(C)cc1. The van der Waals surface area contributed by atoms with Crippen molar-refractivity contribution in [3.05, 3.63) is 42.0 Å². The Balaban J connectivity index is 2.86. The largest absolute Gasteiger partial charge is 0.383 e. The van der Waals surface area contributed by atoms with E-state index in [2.05, 4.69) is 18.2 Å². The second-order valence-electron chi connectivity index (χ2n) is 5.20. The first kappa shape index (κ1) is 17.9. The van der Waals surface area contributed by atoms with E-state index in [0.717, 1.165) is 30.4 Å². The van der Waals surface area contributed by atoms with Gasteiger partial charge in [-0.05, 0) is 31.9 Å². The fourth-order valence-corrected chi connectivity index (χ4v) is 3.19. The van der Waals surface area contributed by atoms with Crippen LogP contribution in [0.3, 0.4) is 0 Å². The zero-order valence-electron chi connectivity index (χ0n) is 13.1. The van der Waals surface area contributed by atoms with Crippen LogP contribution in [0.4, 0.5) is 0 Å². The second kappa shape index (κ2) is 8.32. The molecule has 1 aromatic carbocycles. The number of aryl methyl sites for hydroxylation is 1. The highest BCUT2D eigenvalue weighted by Gasteiger charge is 2.21. The van der Waals surface area contributed by atoms with Gasteiger partial charge < -0.3 is 4.74 Å². The average molecular weight is 311 g/mol. The molecule has 0 aromatic heterocycles. The molecule has 118 valence electrons.